The van der Waals surface area contributed by atoms with Crippen molar-refractivity contribution in [1.29, 1.82) is 5.26 Å². The first-order chi connectivity index (χ1) is 17.7. The highest BCUT2D eigenvalue weighted by Crippen LogP contribution is 2.33. The number of carbonyl (C=O) groups excluding carboxylic acids is 1. The van der Waals surface area contributed by atoms with Gasteiger partial charge < -0.3 is 19.5 Å². The van der Waals surface area contributed by atoms with Gasteiger partial charge in [0.05, 0.1) is 23.8 Å². The number of aryl methyl sites for hydroxylation is 3. The summed E-state index contributed by atoms with van der Waals surface area (Å²) in [5.41, 5.74) is 6.10. The van der Waals surface area contributed by atoms with Crippen molar-refractivity contribution in [3.05, 3.63) is 86.2 Å². The Morgan fingerprint density at radius 1 is 1.11 bits per heavy atom. The molecule has 9 nitrogen and oxygen atoms in total. The van der Waals surface area contributed by atoms with Crippen LogP contribution >= 0.6 is 0 Å². The summed E-state index contributed by atoms with van der Waals surface area (Å²) < 4.78 is 7.27. The molecule has 2 aromatic carbocycles. The minimum atomic E-state index is -0.496. The first kappa shape index (κ1) is 25.7. The molecule has 1 N–H and O–H groups in total. The van der Waals surface area contributed by atoms with Crippen molar-refractivity contribution in [2.45, 2.75) is 27.7 Å². The van der Waals surface area contributed by atoms with Crippen molar-refractivity contribution in [2.75, 3.05) is 36.5 Å². The number of rotatable bonds is 6. The molecule has 37 heavy (non-hydrogen) atoms. The second-order valence-corrected chi connectivity index (χ2v) is 9.13. The quantitative estimate of drug-likeness (QED) is 0.221. The van der Waals surface area contributed by atoms with Gasteiger partial charge >= 0.3 is 0 Å². The topological polar surface area (TPSA) is 113 Å². The Labute approximate surface area is 215 Å². The predicted molar refractivity (Wildman–Crippen MR) is 143 cm³/mol. The third kappa shape index (κ3) is 5.39. The second kappa shape index (κ2) is 10.7. The molecule has 190 valence electrons. The van der Waals surface area contributed by atoms with Crippen molar-refractivity contribution in [3.8, 4) is 11.8 Å². The van der Waals surface area contributed by atoms with Gasteiger partial charge in [0.15, 0.2) is 0 Å². The van der Waals surface area contributed by atoms with Gasteiger partial charge in [-0.1, -0.05) is 17.7 Å². The third-order valence-electron chi connectivity index (χ3n) is 6.53. The molecule has 2 heterocycles. The molecule has 0 radical (unpaired) electrons. The van der Waals surface area contributed by atoms with Crippen LogP contribution in [0, 0.1) is 49.1 Å². The van der Waals surface area contributed by atoms with Crippen LogP contribution in [0.25, 0.3) is 11.8 Å². The number of ether oxygens (including phenoxy) is 1. The molecule has 1 aromatic heterocycles. The number of hydrogen-bond donors (Lipinski definition) is 1. The van der Waals surface area contributed by atoms with Gasteiger partial charge in [-0.05, 0) is 69.2 Å². The van der Waals surface area contributed by atoms with Crippen molar-refractivity contribution >= 4 is 29.0 Å². The average molecular weight is 500 g/mol. The Hall–Kier alpha value is -4.42. The zero-order chi connectivity index (χ0) is 26.7. The zero-order valence-electron chi connectivity index (χ0n) is 21.4. The van der Waals surface area contributed by atoms with Crippen molar-refractivity contribution in [1.82, 2.24) is 4.57 Å². The Morgan fingerprint density at radius 2 is 1.84 bits per heavy atom. The van der Waals surface area contributed by atoms with Gasteiger partial charge in [-0.25, -0.2) is 0 Å². The smallest absolute Gasteiger partial charge is 0.294 e. The largest absolute Gasteiger partial charge is 0.378 e. The number of amides is 1. The zero-order valence-corrected chi connectivity index (χ0v) is 21.4. The molecule has 4 rings (SSSR count). The maximum Gasteiger partial charge on any atom is 0.294 e. The second-order valence-electron chi connectivity index (χ2n) is 9.13. The lowest BCUT2D eigenvalue weighted by atomic mass is 10.1. The van der Waals surface area contributed by atoms with E-state index >= 15 is 0 Å². The number of nitro groups is 1. The van der Waals surface area contributed by atoms with Crippen molar-refractivity contribution in [3.63, 3.8) is 0 Å². The van der Waals surface area contributed by atoms with Crippen LogP contribution in [-0.2, 0) is 9.53 Å². The lowest BCUT2D eigenvalue weighted by Crippen LogP contribution is -2.36. The maximum atomic E-state index is 12.9. The maximum absolute atomic E-state index is 12.9. The first-order valence-corrected chi connectivity index (χ1v) is 12.0. The van der Waals surface area contributed by atoms with Crippen LogP contribution in [0.4, 0.5) is 17.1 Å². The number of hydrogen-bond acceptors (Lipinski definition) is 6. The van der Waals surface area contributed by atoms with E-state index in [0.717, 1.165) is 22.5 Å². The van der Waals surface area contributed by atoms with Crippen LogP contribution in [0.1, 0.15) is 28.1 Å². The molecule has 1 amide bonds. The van der Waals surface area contributed by atoms with Crippen molar-refractivity contribution < 1.29 is 14.5 Å². The summed E-state index contributed by atoms with van der Waals surface area (Å²) in [6.07, 6.45) is 1.55. The van der Waals surface area contributed by atoms with Gasteiger partial charge in [-0.3, -0.25) is 14.9 Å². The molecule has 1 aliphatic rings. The molecule has 0 saturated carbocycles. The van der Waals surface area contributed by atoms with E-state index in [-0.39, 0.29) is 16.2 Å². The number of nitrogens with one attached hydrogen (secondary N) is 1. The van der Waals surface area contributed by atoms with Gasteiger partial charge in [0.2, 0.25) is 0 Å². The van der Waals surface area contributed by atoms with E-state index in [4.69, 9.17) is 4.74 Å². The Morgan fingerprint density at radius 3 is 2.49 bits per heavy atom. The first-order valence-electron chi connectivity index (χ1n) is 12.0. The number of benzene rings is 2. The standard InChI is InChI=1S/C28H29N5O4/c1-18-5-7-25(19(2)13-18)30-28(34)23(17-29)15-22-14-20(3)32(21(22)4)24-6-8-26(27(16-24)33(35)36)31-9-11-37-12-10-31/h5-8,13-16H,9-12H2,1-4H3,(H,30,34). The number of anilines is 2. The predicted octanol–water partition coefficient (Wildman–Crippen LogP) is 5.00. The molecule has 0 atom stereocenters. The molecule has 0 bridgehead atoms. The SMILES string of the molecule is Cc1ccc(NC(=O)C(C#N)=Cc2cc(C)n(-c3ccc(N4CCOCC4)c([N+](=O)[O-])c3)c2C)c(C)c1. The molecule has 3 aromatic rings. The van der Waals surface area contributed by atoms with Crippen molar-refractivity contribution in [2.24, 2.45) is 0 Å². The molecule has 0 unspecified atom stereocenters. The lowest BCUT2D eigenvalue weighted by Gasteiger charge is -2.28. The lowest BCUT2D eigenvalue weighted by molar-refractivity contribution is -0.384. The van der Waals surface area contributed by atoms with Gasteiger partial charge in [-0.2, -0.15) is 5.26 Å². The highest BCUT2D eigenvalue weighted by atomic mass is 16.6. The van der Waals surface area contributed by atoms with Crippen LogP contribution in [0.3, 0.4) is 0 Å². The van der Waals surface area contributed by atoms with Crippen LogP contribution in [0.5, 0.6) is 0 Å². The van der Waals surface area contributed by atoms with E-state index in [9.17, 15) is 20.2 Å². The number of nitriles is 1. The highest BCUT2D eigenvalue weighted by Gasteiger charge is 2.23. The van der Waals surface area contributed by atoms with E-state index in [0.29, 0.717) is 48.9 Å². The summed E-state index contributed by atoms with van der Waals surface area (Å²) in [6.45, 7) is 9.86. The number of nitro benzene ring substituents is 1. The average Bonchev–Trinajstić information content (AvgIpc) is 3.16. The summed E-state index contributed by atoms with van der Waals surface area (Å²) in [5, 5.41) is 24.4. The third-order valence-corrected chi connectivity index (χ3v) is 6.53. The van der Waals surface area contributed by atoms with Crippen LogP contribution in [-0.4, -0.2) is 41.7 Å². The Kier molecular flexibility index (Phi) is 7.41. The Balaban J connectivity index is 1.67. The molecule has 9 heteroatoms. The molecule has 0 spiro atoms. The van der Waals surface area contributed by atoms with E-state index < -0.39 is 5.91 Å². The summed E-state index contributed by atoms with van der Waals surface area (Å²) in [5.74, 6) is -0.496. The van der Waals surface area contributed by atoms with Gasteiger partial charge in [0.1, 0.15) is 17.3 Å². The molecule has 1 saturated heterocycles. The molecule has 1 aliphatic heterocycles. The van der Waals surface area contributed by atoms with Crippen LogP contribution in [0.15, 0.2) is 48.0 Å². The molecular weight excluding hydrogens is 470 g/mol. The molecule has 0 aliphatic carbocycles. The van der Waals surface area contributed by atoms with Gasteiger partial charge in [0, 0.05) is 36.2 Å². The molecule has 1 fully saturated rings. The van der Waals surface area contributed by atoms with Crippen LogP contribution in [0.2, 0.25) is 0 Å². The van der Waals surface area contributed by atoms with E-state index in [1.54, 1.807) is 18.2 Å². The monoisotopic (exact) mass is 499 g/mol. The number of morpholine rings is 1. The highest BCUT2D eigenvalue weighted by molar-refractivity contribution is 6.10. The van der Waals surface area contributed by atoms with E-state index in [2.05, 4.69) is 5.32 Å². The van der Waals surface area contributed by atoms with Gasteiger partial charge in [-0.15, -0.1) is 0 Å². The summed E-state index contributed by atoms with van der Waals surface area (Å²) in [4.78, 5) is 26.4. The Bertz CT molecular complexity index is 1440. The fraction of sp³-hybridized carbons (Fsp3) is 0.286. The number of carbonyl (C=O) groups is 1. The minimum Gasteiger partial charge on any atom is -0.378 e. The van der Waals surface area contributed by atoms with Gasteiger partial charge in [0.25, 0.3) is 11.6 Å². The van der Waals surface area contributed by atoms with Crippen LogP contribution < -0.4 is 10.2 Å². The summed E-state index contributed by atoms with van der Waals surface area (Å²) >= 11 is 0. The fourth-order valence-corrected chi connectivity index (χ4v) is 4.65. The minimum absolute atomic E-state index is 0.0227. The summed E-state index contributed by atoms with van der Waals surface area (Å²) in [6, 6.07) is 14.7. The number of nitrogens with zero attached hydrogens (tertiary/aromatic N) is 4. The molecular formula is C28H29N5O4. The normalized spacial score (nSPS) is 13.8. The van der Waals surface area contributed by atoms with E-state index in [1.807, 2.05) is 73.6 Å². The van der Waals surface area contributed by atoms with E-state index in [1.165, 1.54) is 0 Å². The summed E-state index contributed by atoms with van der Waals surface area (Å²) in [7, 11) is 0. The fourth-order valence-electron chi connectivity index (χ4n) is 4.65. The number of aromatic nitrogens is 1.